The highest BCUT2D eigenvalue weighted by molar-refractivity contribution is 6.10. The Balaban J connectivity index is 1.39. The quantitative estimate of drug-likeness (QED) is 0.552. The lowest BCUT2D eigenvalue weighted by atomic mass is 9.85. The molecule has 4 nitrogen and oxygen atoms in total. The molecule has 2 unspecified atom stereocenters. The van der Waals surface area contributed by atoms with Gasteiger partial charge in [0.15, 0.2) is 5.78 Å². The minimum atomic E-state index is 0.0664. The largest absolute Gasteiger partial charge is 0.494 e. The Kier molecular flexibility index (Phi) is 5.34. The Bertz CT molecular complexity index is 1040. The van der Waals surface area contributed by atoms with Crippen molar-refractivity contribution in [3.63, 3.8) is 0 Å². The van der Waals surface area contributed by atoms with E-state index in [1.807, 2.05) is 30.3 Å². The number of nitrogens with zero attached hydrogens (tertiary/aromatic N) is 1. The van der Waals surface area contributed by atoms with E-state index in [9.17, 15) is 4.79 Å². The van der Waals surface area contributed by atoms with Crippen molar-refractivity contribution in [2.24, 2.45) is 0 Å². The van der Waals surface area contributed by atoms with Crippen LogP contribution in [0.25, 0.3) is 10.9 Å². The SMILES string of the molecule is CCCOc1ccc(C(=O)c2ccc3[nH]cc(C4CCN5CCCC5C4)c3c2)cc1. The van der Waals surface area contributed by atoms with E-state index in [4.69, 9.17) is 4.74 Å². The van der Waals surface area contributed by atoms with Crippen LogP contribution in [0.4, 0.5) is 0 Å². The van der Waals surface area contributed by atoms with Gasteiger partial charge in [0.2, 0.25) is 0 Å². The molecule has 3 aromatic rings. The summed E-state index contributed by atoms with van der Waals surface area (Å²) < 4.78 is 5.64. The van der Waals surface area contributed by atoms with E-state index in [1.54, 1.807) is 0 Å². The van der Waals surface area contributed by atoms with E-state index in [1.165, 1.54) is 49.7 Å². The van der Waals surface area contributed by atoms with Gasteiger partial charge in [0.05, 0.1) is 6.61 Å². The normalized spacial score (nSPS) is 21.6. The van der Waals surface area contributed by atoms with Gasteiger partial charge in [-0.15, -0.1) is 0 Å². The summed E-state index contributed by atoms with van der Waals surface area (Å²) in [7, 11) is 0. The molecule has 5 rings (SSSR count). The number of nitrogens with one attached hydrogen (secondary N) is 1. The first-order valence-electron chi connectivity index (χ1n) is 11.4. The van der Waals surface area contributed by atoms with Crippen molar-refractivity contribution in [3.8, 4) is 5.75 Å². The van der Waals surface area contributed by atoms with Crippen LogP contribution in [0.2, 0.25) is 0 Å². The van der Waals surface area contributed by atoms with Crippen molar-refractivity contribution in [1.82, 2.24) is 9.88 Å². The zero-order chi connectivity index (χ0) is 20.5. The van der Waals surface area contributed by atoms with Gasteiger partial charge in [0, 0.05) is 34.3 Å². The third-order valence-corrected chi connectivity index (χ3v) is 6.83. The van der Waals surface area contributed by atoms with Crippen molar-refractivity contribution in [2.45, 2.75) is 51.0 Å². The number of hydrogen-bond acceptors (Lipinski definition) is 3. The fourth-order valence-corrected chi connectivity index (χ4v) is 5.22. The highest BCUT2D eigenvalue weighted by atomic mass is 16.5. The van der Waals surface area contributed by atoms with E-state index in [-0.39, 0.29) is 5.78 Å². The van der Waals surface area contributed by atoms with Gasteiger partial charge in [-0.1, -0.05) is 6.92 Å². The molecule has 156 valence electrons. The summed E-state index contributed by atoms with van der Waals surface area (Å²) >= 11 is 0. The number of hydrogen-bond donors (Lipinski definition) is 1. The van der Waals surface area contributed by atoms with Crippen LogP contribution in [0, 0.1) is 0 Å². The van der Waals surface area contributed by atoms with Crippen LogP contribution in [0.1, 0.15) is 66.4 Å². The molecule has 2 aromatic carbocycles. The predicted octanol–water partition coefficient (Wildman–Crippen LogP) is 5.53. The van der Waals surface area contributed by atoms with Crippen LogP contribution in [0.5, 0.6) is 5.75 Å². The average Bonchev–Trinajstić information content (AvgIpc) is 3.43. The minimum absolute atomic E-state index is 0.0664. The van der Waals surface area contributed by atoms with Crippen LogP contribution in [0.15, 0.2) is 48.7 Å². The molecular weight excluding hydrogens is 372 g/mol. The fourth-order valence-electron chi connectivity index (χ4n) is 5.22. The summed E-state index contributed by atoms with van der Waals surface area (Å²) in [5.41, 5.74) is 3.96. The van der Waals surface area contributed by atoms with Gasteiger partial charge < -0.3 is 14.6 Å². The second-order valence-corrected chi connectivity index (χ2v) is 8.76. The first-order valence-corrected chi connectivity index (χ1v) is 11.4. The van der Waals surface area contributed by atoms with E-state index in [0.717, 1.165) is 29.3 Å². The number of benzene rings is 2. The van der Waals surface area contributed by atoms with Gasteiger partial charge in [-0.05, 0) is 99.1 Å². The zero-order valence-corrected chi connectivity index (χ0v) is 17.7. The van der Waals surface area contributed by atoms with Gasteiger partial charge in [-0.2, -0.15) is 0 Å². The molecule has 0 saturated carbocycles. The maximum Gasteiger partial charge on any atom is 0.193 e. The second-order valence-electron chi connectivity index (χ2n) is 8.76. The molecule has 0 amide bonds. The molecule has 2 atom stereocenters. The molecule has 1 aromatic heterocycles. The van der Waals surface area contributed by atoms with Crippen LogP contribution < -0.4 is 4.74 Å². The molecule has 4 heteroatoms. The van der Waals surface area contributed by atoms with Crippen LogP contribution in [-0.2, 0) is 0 Å². The van der Waals surface area contributed by atoms with Crippen molar-refractivity contribution < 1.29 is 9.53 Å². The molecule has 2 fully saturated rings. The monoisotopic (exact) mass is 402 g/mol. The summed E-state index contributed by atoms with van der Waals surface area (Å²) in [6.45, 7) is 5.25. The third-order valence-electron chi connectivity index (χ3n) is 6.83. The summed E-state index contributed by atoms with van der Waals surface area (Å²) in [5.74, 6) is 1.46. The number of fused-ring (bicyclic) bond motifs is 2. The number of aromatic nitrogens is 1. The smallest absolute Gasteiger partial charge is 0.193 e. The van der Waals surface area contributed by atoms with Gasteiger partial charge in [-0.3, -0.25) is 4.79 Å². The molecule has 0 spiro atoms. The Morgan fingerprint density at radius 1 is 1.10 bits per heavy atom. The maximum absolute atomic E-state index is 13.1. The van der Waals surface area contributed by atoms with Gasteiger partial charge in [-0.25, -0.2) is 0 Å². The van der Waals surface area contributed by atoms with E-state index in [0.29, 0.717) is 18.1 Å². The highest BCUT2D eigenvalue weighted by Crippen LogP contribution is 2.39. The zero-order valence-electron chi connectivity index (χ0n) is 17.7. The number of ketones is 1. The first kappa shape index (κ1) is 19.4. The van der Waals surface area contributed by atoms with Crippen LogP contribution >= 0.6 is 0 Å². The van der Waals surface area contributed by atoms with Crippen LogP contribution in [0.3, 0.4) is 0 Å². The van der Waals surface area contributed by atoms with Crippen molar-refractivity contribution in [3.05, 3.63) is 65.4 Å². The lowest BCUT2D eigenvalue weighted by molar-refractivity contribution is 0.103. The molecule has 3 heterocycles. The van der Waals surface area contributed by atoms with Gasteiger partial charge in [0.1, 0.15) is 5.75 Å². The number of carbonyl (C=O) groups excluding carboxylic acids is 1. The molecule has 2 saturated heterocycles. The molecule has 2 aliphatic rings. The van der Waals surface area contributed by atoms with E-state index >= 15 is 0 Å². The van der Waals surface area contributed by atoms with E-state index < -0.39 is 0 Å². The molecule has 30 heavy (non-hydrogen) atoms. The number of piperidine rings is 1. The number of aromatic amines is 1. The van der Waals surface area contributed by atoms with Gasteiger partial charge >= 0.3 is 0 Å². The average molecular weight is 403 g/mol. The number of H-pyrrole nitrogens is 1. The predicted molar refractivity (Wildman–Crippen MR) is 121 cm³/mol. The van der Waals surface area contributed by atoms with Crippen molar-refractivity contribution >= 4 is 16.7 Å². The molecule has 1 N–H and O–H groups in total. The fraction of sp³-hybridized carbons (Fsp3) is 0.423. The first-order chi connectivity index (χ1) is 14.7. The lowest BCUT2D eigenvalue weighted by Gasteiger charge is -2.34. The standard InChI is InChI=1S/C26H30N2O2/c1-2-14-30-22-8-5-18(6-9-22)26(29)20-7-10-25-23(16-20)24(17-27-25)19-11-13-28-12-3-4-21(28)15-19/h5-10,16-17,19,21,27H,2-4,11-15H2,1H3. The molecule has 0 bridgehead atoms. The summed E-state index contributed by atoms with van der Waals surface area (Å²) in [6.07, 6.45) is 8.27. The maximum atomic E-state index is 13.1. The molecule has 0 radical (unpaired) electrons. The Labute approximate surface area is 178 Å². The lowest BCUT2D eigenvalue weighted by Crippen LogP contribution is -2.37. The van der Waals surface area contributed by atoms with Gasteiger partial charge in [0.25, 0.3) is 0 Å². The Hall–Kier alpha value is -2.59. The minimum Gasteiger partial charge on any atom is -0.494 e. The number of rotatable bonds is 6. The Morgan fingerprint density at radius 2 is 1.93 bits per heavy atom. The highest BCUT2D eigenvalue weighted by Gasteiger charge is 2.33. The second kappa shape index (κ2) is 8.27. The Morgan fingerprint density at radius 3 is 2.77 bits per heavy atom. The topological polar surface area (TPSA) is 45.3 Å². The third kappa shape index (κ3) is 3.65. The summed E-state index contributed by atoms with van der Waals surface area (Å²) in [5, 5.41) is 1.21. The molecule has 0 aliphatic carbocycles. The van der Waals surface area contributed by atoms with Crippen molar-refractivity contribution in [1.29, 1.82) is 0 Å². The number of carbonyl (C=O) groups is 1. The number of ether oxygens (including phenoxy) is 1. The van der Waals surface area contributed by atoms with E-state index in [2.05, 4.69) is 35.1 Å². The molecular formula is C26H30N2O2. The molecule has 2 aliphatic heterocycles. The summed E-state index contributed by atoms with van der Waals surface area (Å²) in [6, 6.07) is 14.3. The van der Waals surface area contributed by atoms with Crippen molar-refractivity contribution in [2.75, 3.05) is 19.7 Å². The van der Waals surface area contributed by atoms with Crippen LogP contribution in [-0.4, -0.2) is 41.4 Å². The summed E-state index contributed by atoms with van der Waals surface area (Å²) in [4.78, 5) is 19.2.